The summed E-state index contributed by atoms with van der Waals surface area (Å²) >= 11 is 6.23. The predicted octanol–water partition coefficient (Wildman–Crippen LogP) is 3.10. The van der Waals surface area contributed by atoms with E-state index in [4.69, 9.17) is 21.1 Å². The molecule has 2 heterocycles. The molecule has 0 aromatic heterocycles. The smallest absolute Gasteiger partial charge is 0.295 e. The van der Waals surface area contributed by atoms with Crippen molar-refractivity contribution in [1.82, 2.24) is 9.80 Å². The van der Waals surface area contributed by atoms with Crippen molar-refractivity contribution in [2.24, 2.45) is 0 Å². The number of para-hydroxylation sites is 1. The van der Waals surface area contributed by atoms with E-state index in [1.165, 1.54) is 12.0 Å². The number of methoxy groups -OCH3 is 1. The molecule has 1 unspecified atom stereocenters. The van der Waals surface area contributed by atoms with E-state index in [9.17, 15) is 14.7 Å². The number of nitrogens with zero attached hydrogens (tertiary/aromatic N) is 2. The lowest BCUT2D eigenvalue weighted by Gasteiger charge is -2.31. The van der Waals surface area contributed by atoms with E-state index in [1.807, 2.05) is 0 Å². The lowest BCUT2D eigenvalue weighted by Crippen LogP contribution is -2.42. The maximum Gasteiger partial charge on any atom is 0.295 e. The highest BCUT2D eigenvalue weighted by Gasteiger charge is 2.46. The Labute approximate surface area is 191 Å². The zero-order valence-corrected chi connectivity index (χ0v) is 18.5. The molecule has 0 radical (unpaired) electrons. The first-order valence-electron chi connectivity index (χ1n) is 10.5. The van der Waals surface area contributed by atoms with E-state index in [0.717, 1.165) is 13.1 Å². The van der Waals surface area contributed by atoms with E-state index >= 15 is 0 Å². The molecular weight excluding hydrogens is 432 g/mol. The number of likely N-dealkylation sites (tertiary alicyclic amines) is 1. The first-order chi connectivity index (χ1) is 15.5. The van der Waals surface area contributed by atoms with Crippen LogP contribution in [0.4, 0.5) is 0 Å². The molecule has 1 N–H and O–H groups in total. The van der Waals surface area contributed by atoms with Crippen LogP contribution in [0.2, 0.25) is 5.02 Å². The minimum absolute atomic E-state index is 0.0312. The van der Waals surface area contributed by atoms with Crippen LogP contribution in [-0.4, -0.2) is 73.1 Å². The molecule has 2 aliphatic rings. The number of morpholine rings is 1. The molecule has 4 rings (SSSR count). The molecule has 0 spiro atoms. The number of ketones is 1. The molecule has 2 aromatic rings. The summed E-state index contributed by atoms with van der Waals surface area (Å²) in [6.07, 6.45) is 0. The first-order valence-corrected chi connectivity index (χ1v) is 10.9. The summed E-state index contributed by atoms with van der Waals surface area (Å²) in [6, 6.07) is 13.1. The van der Waals surface area contributed by atoms with E-state index in [2.05, 4.69) is 4.90 Å². The standard InChI is InChI=1S/C24H25ClN2O5/c1-31-19-8-3-2-7-18(19)22(28)20-21(16-5-4-6-17(25)15-16)27(24(30)23(20)29)10-9-26-11-13-32-14-12-26/h2-8,15,21,28H,9-14H2,1H3/b22-20+. The molecule has 2 aliphatic heterocycles. The number of hydrogen-bond donors (Lipinski definition) is 1. The van der Waals surface area contributed by atoms with Gasteiger partial charge in [-0.3, -0.25) is 14.5 Å². The Kier molecular flexibility index (Phi) is 6.79. The van der Waals surface area contributed by atoms with Gasteiger partial charge in [-0.25, -0.2) is 0 Å². The number of ether oxygens (including phenoxy) is 2. The quantitative estimate of drug-likeness (QED) is 0.409. The monoisotopic (exact) mass is 456 g/mol. The van der Waals surface area contributed by atoms with Gasteiger partial charge in [0.25, 0.3) is 11.7 Å². The first kappa shape index (κ1) is 22.3. The van der Waals surface area contributed by atoms with Crippen molar-refractivity contribution in [3.05, 3.63) is 70.3 Å². The molecule has 1 atom stereocenters. The van der Waals surface area contributed by atoms with Gasteiger partial charge in [0.15, 0.2) is 0 Å². The topological polar surface area (TPSA) is 79.3 Å². The van der Waals surface area contributed by atoms with Crippen LogP contribution in [0.3, 0.4) is 0 Å². The summed E-state index contributed by atoms with van der Waals surface area (Å²) in [5.41, 5.74) is 1.05. The number of benzene rings is 2. The molecule has 7 nitrogen and oxygen atoms in total. The maximum atomic E-state index is 13.1. The Morgan fingerprint density at radius 2 is 1.88 bits per heavy atom. The van der Waals surface area contributed by atoms with Gasteiger partial charge < -0.3 is 19.5 Å². The zero-order chi connectivity index (χ0) is 22.7. The summed E-state index contributed by atoms with van der Waals surface area (Å²) in [4.78, 5) is 29.9. The lowest BCUT2D eigenvalue weighted by molar-refractivity contribution is -0.140. The summed E-state index contributed by atoms with van der Waals surface area (Å²) in [5.74, 6) is -1.21. The molecule has 8 heteroatoms. The number of hydrogen-bond acceptors (Lipinski definition) is 6. The Balaban J connectivity index is 1.77. The Hall–Kier alpha value is -2.87. The van der Waals surface area contributed by atoms with Crippen LogP contribution in [0.15, 0.2) is 54.1 Å². The highest BCUT2D eigenvalue weighted by atomic mass is 35.5. The number of Topliss-reactive ketones (excluding diaryl/α,β-unsaturated/α-hetero) is 1. The molecule has 2 fully saturated rings. The molecule has 1 amide bonds. The van der Waals surface area contributed by atoms with Gasteiger partial charge in [-0.05, 0) is 29.8 Å². The van der Waals surface area contributed by atoms with Crippen molar-refractivity contribution < 1.29 is 24.2 Å². The Morgan fingerprint density at radius 1 is 1.12 bits per heavy atom. The summed E-state index contributed by atoms with van der Waals surface area (Å²) in [7, 11) is 1.49. The minimum Gasteiger partial charge on any atom is -0.507 e. The van der Waals surface area contributed by atoms with Crippen LogP contribution in [0.1, 0.15) is 17.2 Å². The number of aliphatic hydroxyl groups is 1. The summed E-state index contributed by atoms with van der Waals surface area (Å²) in [6.45, 7) is 3.77. The van der Waals surface area contributed by atoms with Gasteiger partial charge in [-0.1, -0.05) is 35.9 Å². The SMILES string of the molecule is COc1ccccc1/C(O)=C1\C(=O)C(=O)N(CCN2CCOCC2)C1c1cccc(Cl)c1. The normalized spacial score (nSPS) is 21.2. The van der Waals surface area contributed by atoms with Gasteiger partial charge in [0.1, 0.15) is 11.5 Å². The highest BCUT2D eigenvalue weighted by Crippen LogP contribution is 2.41. The Bertz CT molecular complexity index is 1050. The fourth-order valence-electron chi connectivity index (χ4n) is 4.19. The third-order valence-electron chi connectivity index (χ3n) is 5.83. The van der Waals surface area contributed by atoms with Crippen LogP contribution in [0.25, 0.3) is 5.76 Å². The van der Waals surface area contributed by atoms with Crippen molar-refractivity contribution in [2.75, 3.05) is 46.5 Å². The van der Waals surface area contributed by atoms with Crippen LogP contribution >= 0.6 is 11.6 Å². The van der Waals surface area contributed by atoms with E-state index in [1.54, 1.807) is 48.5 Å². The van der Waals surface area contributed by atoms with Gasteiger partial charge in [0.05, 0.1) is 37.5 Å². The average molecular weight is 457 g/mol. The Morgan fingerprint density at radius 3 is 2.59 bits per heavy atom. The van der Waals surface area contributed by atoms with Crippen LogP contribution in [0.5, 0.6) is 5.75 Å². The van der Waals surface area contributed by atoms with Gasteiger partial charge in [-0.2, -0.15) is 0 Å². The molecule has 0 aliphatic carbocycles. The van der Waals surface area contributed by atoms with Crippen LogP contribution in [-0.2, 0) is 14.3 Å². The molecule has 2 saturated heterocycles. The third-order valence-corrected chi connectivity index (χ3v) is 6.06. The van der Waals surface area contributed by atoms with Gasteiger partial charge in [0.2, 0.25) is 0 Å². The lowest BCUT2D eigenvalue weighted by atomic mass is 9.95. The van der Waals surface area contributed by atoms with Gasteiger partial charge in [0, 0.05) is 31.2 Å². The van der Waals surface area contributed by atoms with Crippen molar-refractivity contribution in [3.63, 3.8) is 0 Å². The van der Waals surface area contributed by atoms with Crippen molar-refractivity contribution in [1.29, 1.82) is 0 Å². The van der Waals surface area contributed by atoms with Crippen LogP contribution < -0.4 is 4.74 Å². The fourth-order valence-corrected chi connectivity index (χ4v) is 4.39. The molecular formula is C24H25ClN2O5. The number of aliphatic hydroxyl groups excluding tert-OH is 1. The van der Waals surface area contributed by atoms with E-state index < -0.39 is 17.7 Å². The summed E-state index contributed by atoms with van der Waals surface area (Å²) in [5, 5.41) is 11.7. The fraction of sp³-hybridized carbons (Fsp3) is 0.333. The second-order valence-electron chi connectivity index (χ2n) is 7.70. The molecule has 0 bridgehead atoms. The largest absolute Gasteiger partial charge is 0.507 e. The second-order valence-corrected chi connectivity index (χ2v) is 8.14. The van der Waals surface area contributed by atoms with Crippen LogP contribution in [0, 0.1) is 0 Å². The zero-order valence-electron chi connectivity index (χ0n) is 17.8. The number of carbonyl (C=O) groups excluding carboxylic acids is 2. The van der Waals surface area contributed by atoms with E-state index in [0.29, 0.717) is 48.2 Å². The molecule has 168 valence electrons. The van der Waals surface area contributed by atoms with Crippen molar-refractivity contribution >= 4 is 29.1 Å². The average Bonchev–Trinajstić information content (AvgIpc) is 3.07. The number of halogens is 1. The van der Waals surface area contributed by atoms with E-state index in [-0.39, 0.29) is 11.3 Å². The summed E-state index contributed by atoms with van der Waals surface area (Å²) < 4.78 is 10.7. The predicted molar refractivity (Wildman–Crippen MR) is 121 cm³/mol. The van der Waals surface area contributed by atoms with Gasteiger partial charge >= 0.3 is 0 Å². The molecule has 32 heavy (non-hydrogen) atoms. The highest BCUT2D eigenvalue weighted by molar-refractivity contribution is 6.46. The molecule has 0 saturated carbocycles. The molecule has 2 aromatic carbocycles. The van der Waals surface area contributed by atoms with Crippen molar-refractivity contribution in [2.45, 2.75) is 6.04 Å². The third kappa shape index (κ3) is 4.37. The number of carbonyl (C=O) groups is 2. The number of rotatable bonds is 6. The minimum atomic E-state index is -0.750. The number of amides is 1. The maximum absolute atomic E-state index is 13.1. The van der Waals surface area contributed by atoms with Crippen molar-refractivity contribution in [3.8, 4) is 5.75 Å². The van der Waals surface area contributed by atoms with Gasteiger partial charge in [-0.15, -0.1) is 0 Å². The second kappa shape index (κ2) is 9.73.